The van der Waals surface area contributed by atoms with Crippen LogP contribution < -0.4 is 10.1 Å². The topological polar surface area (TPSA) is 58.6 Å². The molecule has 2 aromatic carbocycles. The number of carbonyl (C=O) groups is 1. The molecular formula is C22H25NO3. The van der Waals surface area contributed by atoms with Gasteiger partial charge in [-0.3, -0.25) is 4.79 Å². The minimum atomic E-state index is -0.992. The Morgan fingerprint density at radius 1 is 1.15 bits per heavy atom. The van der Waals surface area contributed by atoms with Crippen LogP contribution in [0.2, 0.25) is 0 Å². The molecule has 4 nitrogen and oxygen atoms in total. The van der Waals surface area contributed by atoms with Gasteiger partial charge in [0.1, 0.15) is 11.4 Å². The van der Waals surface area contributed by atoms with Crippen molar-refractivity contribution in [2.45, 2.75) is 36.7 Å². The van der Waals surface area contributed by atoms with E-state index in [2.05, 4.69) is 5.32 Å². The zero-order chi connectivity index (χ0) is 18.2. The maximum absolute atomic E-state index is 13.0. The fraction of sp³-hybridized carbons (Fsp3) is 0.409. The molecule has 0 bridgehead atoms. The van der Waals surface area contributed by atoms with Crippen LogP contribution in [0.5, 0.6) is 5.75 Å². The van der Waals surface area contributed by atoms with Crippen molar-refractivity contribution in [1.82, 2.24) is 5.32 Å². The third-order valence-electron chi connectivity index (χ3n) is 5.85. The highest BCUT2D eigenvalue weighted by molar-refractivity contribution is 5.92. The second-order valence-electron chi connectivity index (χ2n) is 7.53. The summed E-state index contributed by atoms with van der Waals surface area (Å²) in [4.78, 5) is 13.0. The van der Waals surface area contributed by atoms with Crippen LogP contribution >= 0.6 is 0 Å². The lowest BCUT2D eigenvalue weighted by molar-refractivity contribution is -0.125. The van der Waals surface area contributed by atoms with Gasteiger partial charge < -0.3 is 15.2 Å². The molecule has 2 fully saturated rings. The molecule has 1 unspecified atom stereocenters. The van der Waals surface area contributed by atoms with Gasteiger partial charge in [-0.2, -0.15) is 0 Å². The summed E-state index contributed by atoms with van der Waals surface area (Å²) in [5.74, 6) is 0.948. The van der Waals surface area contributed by atoms with Gasteiger partial charge in [0.05, 0.1) is 19.1 Å². The van der Waals surface area contributed by atoms with E-state index in [0.29, 0.717) is 0 Å². The van der Waals surface area contributed by atoms with Gasteiger partial charge in [-0.25, -0.2) is 0 Å². The fourth-order valence-electron chi connectivity index (χ4n) is 3.94. The van der Waals surface area contributed by atoms with Gasteiger partial charge in [0.2, 0.25) is 5.91 Å². The summed E-state index contributed by atoms with van der Waals surface area (Å²) >= 11 is 0. The van der Waals surface area contributed by atoms with Crippen molar-refractivity contribution >= 4 is 5.91 Å². The summed E-state index contributed by atoms with van der Waals surface area (Å²) in [5, 5.41) is 14.3. The van der Waals surface area contributed by atoms with Crippen molar-refractivity contribution in [2.75, 3.05) is 13.7 Å². The number of rotatable bonds is 7. The van der Waals surface area contributed by atoms with E-state index in [4.69, 9.17) is 4.74 Å². The number of para-hydroxylation sites is 1. The summed E-state index contributed by atoms with van der Waals surface area (Å²) in [7, 11) is 1.63. The first kappa shape index (κ1) is 17.1. The molecule has 2 aliphatic rings. The third-order valence-corrected chi connectivity index (χ3v) is 5.85. The molecule has 4 rings (SSSR count). The average Bonchev–Trinajstić information content (AvgIpc) is 3.59. The molecule has 0 saturated heterocycles. The van der Waals surface area contributed by atoms with E-state index >= 15 is 0 Å². The van der Waals surface area contributed by atoms with E-state index in [0.717, 1.165) is 42.6 Å². The van der Waals surface area contributed by atoms with E-state index < -0.39 is 11.0 Å². The number of hydrogen-bond acceptors (Lipinski definition) is 3. The molecule has 26 heavy (non-hydrogen) atoms. The van der Waals surface area contributed by atoms with Crippen LogP contribution in [0.15, 0.2) is 54.6 Å². The average molecular weight is 351 g/mol. The van der Waals surface area contributed by atoms with E-state index in [1.165, 1.54) is 0 Å². The molecule has 0 spiro atoms. The number of aliphatic hydroxyl groups is 1. The first-order valence-electron chi connectivity index (χ1n) is 9.30. The summed E-state index contributed by atoms with van der Waals surface area (Å²) < 4.78 is 5.46. The van der Waals surface area contributed by atoms with Gasteiger partial charge in [0, 0.05) is 5.56 Å². The SMILES string of the molecule is COc1ccccc1C1(C(=O)NCC(O)(c2ccccc2)C2CC2)CC1. The Morgan fingerprint density at radius 3 is 2.42 bits per heavy atom. The highest BCUT2D eigenvalue weighted by Crippen LogP contribution is 2.52. The number of carbonyl (C=O) groups excluding carboxylic acids is 1. The predicted molar refractivity (Wildman–Crippen MR) is 100.0 cm³/mol. The van der Waals surface area contributed by atoms with Crippen LogP contribution in [0, 0.1) is 5.92 Å². The molecule has 1 amide bonds. The zero-order valence-corrected chi connectivity index (χ0v) is 15.1. The molecule has 2 saturated carbocycles. The Hall–Kier alpha value is -2.33. The molecule has 0 aliphatic heterocycles. The number of hydrogen-bond donors (Lipinski definition) is 2. The van der Waals surface area contributed by atoms with Crippen molar-refractivity contribution in [3.8, 4) is 5.75 Å². The Labute approximate surface area is 154 Å². The maximum Gasteiger partial charge on any atom is 0.230 e. The first-order chi connectivity index (χ1) is 12.6. The Bertz CT molecular complexity index is 796. The molecular weight excluding hydrogens is 326 g/mol. The van der Waals surface area contributed by atoms with Crippen LogP contribution in [0.25, 0.3) is 0 Å². The summed E-state index contributed by atoms with van der Waals surface area (Å²) in [6.45, 7) is 0.247. The molecule has 1 atom stereocenters. The number of ether oxygens (including phenoxy) is 1. The molecule has 2 N–H and O–H groups in total. The van der Waals surface area contributed by atoms with Crippen molar-refractivity contribution < 1.29 is 14.6 Å². The lowest BCUT2D eigenvalue weighted by Crippen LogP contribution is -2.45. The van der Waals surface area contributed by atoms with Gasteiger partial charge >= 0.3 is 0 Å². The fourth-order valence-corrected chi connectivity index (χ4v) is 3.94. The standard InChI is InChI=1S/C22H25NO3/c1-26-19-10-6-5-9-18(19)21(13-14-21)20(24)23-15-22(25,17-11-12-17)16-7-3-2-4-8-16/h2-10,17,25H,11-15H2,1H3,(H,23,24). The monoisotopic (exact) mass is 351 g/mol. The molecule has 136 valence electrons. The van der Waals surface area contributed by atoms with Crippen molar-refractivity contribution in [3.63, 3.8) is 0 Å². The van der Waals surface area contributed by atoms with Crippen molar-refractivity contribution in [2.24, 2.45) is 5.92 Å². The summed E-state index contributed by atoms with van der Waals surface area (Å²) in [6, 6.07) is 17.4. The summed E-state index contributed by atoms with van der Waals surface area (Å²) in [6.07, 6.45) is 3.62. The van der Waals surface area contributed by atoms with E-state index in [1.54, 1.807) is 7.11 Å². The van der Waals surface area contributed by atoms with Crippen LogP contribution in [-0.2, 0) is 15.8 Å². The first-order valence-corrected chi connectivity index (χ1v) is 9.30. The third kappa shape index (κ3) is 2.88. The highest BCUT2D eigenvalue weighted by atomic mass is 16.5. The number of methoxy groups -OCH3 is 1. The van der Waals surface area contributed by atoms with Gasteiger partial charge in [0.15, 0.2) is 0 Å². The molecule has 0 aromatic heterocycles. The van der Waals surface area contributed by atoms with Gasteiger partial charge in [-0.15, -0.1) is 0 Å². The Kier molecular flexibility index (Phi) is 4.23. The minimum absolute atomic E-state index is 0.0167. The molecule has 4 heteroatoms. The quantitative estimate of drug-likeness (QED) is 0.806. The number of amides is 1. The van der Waals surface area contributed by atoms with E-state index in [-0.39, 0.29) is 18.4 Å². The minimum Gasteiger partial charge on any atom is -0.496 e. The van der Waals surface area contributed by atoms with Gasteiger partial charge in [-0.1, -0.05) is 48.5 Å². The van der Waals surface area contributed by atoms with Crippen LogP contribution in [0.3, 0.4) is 0 Å². The summed E-state index contributed by atoms with van der Waals surface area (Å²) in [5.41, 5.74) is 0.307. The van der Waals surface area contributed by atoms with Crippen LogP contribution in [0.4, 0.5) is 0 Å². The Morgan fingerprint density at radius 2 is 1.81 bits per heavy atom. The second-order valence-corrected chi connectivity index (χ2v) is 7.53. The van der Waals surface area contributed by atoms with Crippen molar-refractivity contribution in [3.05, 3.63) is 65.7 Å². The molecule has 2 aromatic rings. The van der Waals surface area contributed by atoms with Crippen LogP contribution in [-0.4, -0.2) is 24.7 Å². The largest absolute Gasteiger partial charge is 0.496 e. The van der Waals surface area contributed by atoms with E-state index in [1.807, 2.05) is 54.6 Å². The van der Waals surface area contributed by atoms with Gasteiger partial charge in [-0.05, 0) is 43.2 Å². The van der Waals surface area contributed by atoms with Crippen LogP contribution in [0.1, 0.15) is 36.8 Å². The molecule has 0 radical (unpaired) electrons. The molecule has 0 heterocycles. The number of benzene rings is 2. The normalized spacial score (nSPS) is 20.1. The molecule has 2 aliphatic carbocycles. The predicted octanol–water partition coefficient (Wildman–Crippen LogP) is 3.14. The lowest BCUT2D eigenvalue weighted by atomic mass is 9.88. The van der Waals surface area contributed by atoms with E-state index in [9.17, 15) is 9.90 Å². The zero-order valence-electron chi connectivity index (χ0n) is 15.1. The Balaban J connectivity index is 1.53. The second kappa shape index (κ2) is 6.44. The van der Waals surface area contributed by atoms with Crippen molar-refractivity contribution in [1.29, 1.82) is 0 Å². The van der Waals surface area contributed by atoms with Gasteiger partial charge in [0.25, 0.3) is 0 Å². The lowest BCUT2D eigenvalue weighted by Gasteiger charge is -2.30. The highest BCUT2D eigenvalue weighted by Gasteiger charge is 2.54. The number of nitrogens with one attached hydrogen (secondary N) is 1. The maximum atomic E-state index is 13.0. The smallest absolute Gasteiger partial charge is 0.230 e.